The van der Waals surface area contributed by atoms with Gasteiger partial charge < -0.3 is 14.6 Å². The average Bonchev–Trinajstić information content (AvgIpc) is 2.57. The van der Waals surface area contributed by atoms with Gasteiger partial charge >= 0.3 is 11.9 Å². The summed E-state index contributed by atoms with van der Waals surface area (Å²) in [5.74, 6) is -1.50. The number of nitrogens with one attached hydrogen (secondary N) is 1. The molecule has 140 valence electrons. The summed E-state index contributed by atoms with van der Waals surface area (Å²) in [6, 6.07) is 2.88. The topological polar surface area (TPSA) is 119 Å². The molecular formula is C16H23NO7S. The molecule has 1 atom stereocenters. The van der Waals surface area contributed by atoms with E-state index in [-0.39, 0.29) is 23.3 Å². The molecule has 1 aromatic carbocycles. The van der Waals surface area contributed by atoms with E-state index in [0.29, 0.717) is 12.2 Å². The number of benzene rings is 1. The number of carboxylic acid groups (broad SMARTS) is 1. The molecule has 1 aromatic rings. The summed E-state index contributed by atoms with van der Waals surface area (Å²) < 4.78 is 37.1. The van der Waals surface area contributed by atoms with Crippen LogP contribution in [0.1, 0.15) is 31.7 Å². The second-order valence-corrected chi connectivity index (χ2v) is 7.06. The third kappa shape index (κ3) is 6.02. The first-order valence-corrected chi connectivity index (χ1v) is 9.22. The Kier molecular flexibility index (Phi) is 7.85. The Morgan fingerprint density at radius 2 is 1.96 bits per heavy atom. The van der Waals surface area contributed by atoms with Crippen LogP contribution >= 0.6 is 0 Å². The molecule has 0 saturated heterocycles. The third-order valence-electron chi connectivity index (χ3n) is 3.56. The number of methoxy groups -OCH3 is 2. The fraction of sp³-hybridized carbons (Fsp3) is 0.500. The number of sulfonamides is 1. The molecule has 0 heterocycles. The van der Waals surface area contributed by atoms with Gasteiger partial charge in [-0.1, -0.05) is 19.8 Å². The lowest BCUT2D eigenvalue weighted by atomic mass is 10.1. The van der Waals surface area contributed by atoms with Gasteiger partial charge in [0.25, 0.3) is 0 Å². The third-order valence-corrected chi connectivity index (χ3v) is 5.13. The molecule has 0 radical (unpaired) electrons. The van der Waals surface area contributed by atoms with Crippen molar-refractivity contribution in [3.63, 3.8) is 0 Å². The van der Waals surface area contributed by atoms with E-state index in [1.54, 1.807) is 0 Å². The standard InChI is InChI=1S/C16H23NO7S/c1-4-5-6-13(16(19)20)17-25(21,22)14-8-7-12(23-2)9-11(14)10-15(18)24-3/h7-9,13,17H,4-6,10H2,1-3H3,(H,19,20). The molecule has 9 heteroatoms. The molecule has 0 aliphatic rings. The highest BCUT2D eigenvalue weighted by molar-refractivity contribution is 7.89. The Hall–Kier alpha value is -2.13. The van der Waals surface area contributed by atoms with Crippen LogP contribution in [0.4, 0.5) is 0 Å². The van der Waals surface area contributed by atoms with Gasteiger partial charge in [-0.2, -0.15) is 4.72 Å². The van der Waals surface area contributed by atoms with E-state index in [0.717, 1.165) is 6.42 Å². The second-order valence-electron chi connectivity index (χ2n) is 5.38. The lowest BCUT2D eigenvalue weighted by Crippen LogP contribution is -2.41. The lowest BCUT2D eigenvalue weighted by Gasteiger charge is -2.17. The molecule has 1 rings (SSSR count). The molecule has 1 unspecified atom stereocenters. The highest BCUT2D eigenvalue weighted by atomic mass is 32.2. The molecule has 0 amide bonds. The normalized spacial score (nSPS) is 12.4. The van der Waals surface area contributed by atoms with Crippen molar-refractivity contribution in [3.8, 4) is 5.75 Å². The van der Waals surface area contributed by atoms with Crippen LogP contribution < -0.4 is 9.46 Å². The maximum absolute atomic E-state index is 12.6. The molecule has 0 aromatic heterocycles. The van der Waals surface area contributed by atoms with Crippen LogP contribution in [0.2, 0.25) is 0 Å². The molecule has 25 heavy (non-hydrogen) atoms. The largest absolute Gasteiger partial charge is 0.497 e. The Labute approximate surface area is 147 Å². The van der Waals surface area contributed by atoms with Crippen molar-refractivity contribution in [2.45, 2.75) is 43.5 Å². The number of carbonyl (C=O) groups excluding carboxylic acids is 1. The summed E-state index contributed by atoms with van der Waals surface area (Å²) in [6.07, 6.45) is 1.20. The summed E-state index contributed by atoms with van der Waals surface area (Å²) in [4.78, 5) is 22.7. The predicted molar refractivity (Wildman–Crippen MR) is 90.0 cm³/mol. The maximum Gasteiger partial charge on any atom is 0.321 e. The van der Waals surface area contributed by atoms with Crippen LogP contribution in [0.25, 0.3) is 0 Å². The minimum Gasteiger partial charge on any atom is -0.497 e. The minimum atomic E-state index is -4.14. The van der Waals surface area contributed by atoms with E-state index in [1.807, 2.05) is 6.92 Å². The van der Waals surface area contributed by atoms with E-state index in [4.69, 9.17) is 4.74 Å². The first kappa shape index (κ1) is 20.9. The molecule has 0 saturated carbocycles. The van der Waals surface area contributed by atoms with Gasteiger partial charge in [0.2, 0.25) is 10.0 Å². The van der Waals surface area contributed by atoms with Gasteiger partial charge in [-0.25, -0.2) is 8.42 Å². The zero-order valence-corrected chi connectivity index (χ0v) is 15.3. The number of hydrogen-bond acceptors (Lipinski definition) is 6. The summed E-state index contributed by atoms with van der Waals surface area (Å²) in [5.41, 5.74) is 0.165. The SMILES string of the molecule is CCCCC(NS(=O)(=O)c1ccc(OC)cc1CC(=O)OC)C(=O)O. The van der Waals surface area contributed by atoms with Gasteiger partial charge in [0, 0.05) is 0 Å². The molecule has 0 aliphatic carbocycles. The van der Waals surface area contributed by atoms with E-state index in [9.17, 15) is 23.1 Å². The summed E-state index contributed by atoms with van der Waals surface area (Å²) in [5, 5.41) is 9.22. The zero-order chi connectivity index (χ0) is 19.0. The van der Waals surface area contributed by atoms with Crippen LogP contribution in [0.5, 0.6) is 5.75 Å². The number of carbonyl (C=O) groups is 2. The van der Waals surface area contributed by atoms with Crippen molar-refractivity contribution < 1.29 is 32.6 Å². The lowest BCUT2D eigenvalue weighted by molar-refractivity contribution is -0.140. The molecule has 0 bridgehead atoms. The van der Waals surface area contributed by atoms with Crippen molar-refractivity contribution in [1.82, 2.24) is 4.72 Å². The first-order valence-electron chi connectivity index (χ1n) is 7.74. The second kappa shape index (κ2) is 9.38. The number of aliphatic carboxylic acids is 1. The predicted octanol–water partition coefficient (Wildman–Crippen LogP) is 1.33. The highest BCUT2D eigenvalue weighted by Crippen LogP contribution is 2.23. The Morgan fingerprint density at radius 1 is 1.28 bits per heavy atom. The van der Waals surface area contributed by atoms with E-state index < -0.39 is 28.0 Å². The molecular weight excluding hydrogens is 350 g/mol. The Bertz CT molecular complexity index is 715. The van der Waals surface area contributed by atoms with Gasteiger partial charge in [-0.3, -0.25) is 9.59 Å². The van der Waals surface area contributed by atoms with Crippen molar-refractivity contribution in [2.75, 3.05) is 14.2 Å². The van der Waals surface area contributed by atoms with Crippen LogP contribution in [0.15, 0.2) is 23.1 Å². The summed E-state index contributed by atoms with van der Waals surface area (Å²) in [6.45, 7) is 1.88. The number of carboxylic acids is 1. The molecule has 0 spiro atoms. The van der Waals surface area contributed by atoms with Crippen LogP contribution in [0, 0.1) is 0 Å². The molecule has 0 fully saturated rings. The van der Waals surface area contributed by atoms with Crippen LogP contribution in [-0.4, -0.2) is 45.7 Å². The zero-order valence-electron chi connectivity index (χ0n) is 14.4. The number of esters is 1. The highest BCUT2D eigenvalue weighted by Gasteiger charge is 2.27. The van der Waals surface area contributed by atoms with Crippen molar-refractivity contribution >= 4 is 22.0 Å². The molecule has 0 aliphatic heterocycles. The average molecular weight is 373 g/mol. The van der Waals surface area contributed by atoms with E-state index in [2.05, 4.69) is 9.46 Å². The number of hydrogen-bond donors (Lipinski definition) is 2. The number of rotatable bonds is 10. The fourth-order valence-electron chi connectivity index (χ4n) is 2.20. The summed E-state index contributed by atoms with van der Waals surface area (Å²) >= 11 is 0. The smallest absolute Gasteiger partial charge is 0.321 e. The van der Waals surface area contributed by atoms with Crippen molar-refractivity contribution in [2.24, 2.45) is 0 Å². The van der Waals surface area contributed by atoms with Gasteiger partial charge in [-0.15, -0.1) is 0 Å². The summed E-state index contributed by atoms with van der Waals surface area (Å²) in [7, 11) is -1.53. The number of unbranched alkanes of at least 4 members (excludes halogenated alkanes) is 1. The minimum absolute atomic E-state index is 0.165. The molecule has 8 nitrogen and oxygen atoms in total. The quantitative estimate of drug-likeness (QED) is 0.594. The Morgan fingerprint density at radius 3 is 2.48 bits per heavy atom. The van der Waals surface area contributed by atoms with Gasteiger partial charge in [0.1, 0.15) is 11.8 Å². The fourth-order valence-corrected chi connectivity index (χ4v) is 3.65. The van der Waals surface area contributed by atoms with Gasteiger partial charge in [0.05, 0.1) is 25.5 Å². The van der Waals surface area contributed by atoms with Crippen molar-refractivity contribution in [1.29, 1.82) is 0 Å². The van der Waals surface area contributed by atoms with Crippen molar-refractivity contribution in [3.05, 3.63) is 23.8 Å². The maximum atomic E-state index is 12.6. The van der Waals surface area contributed by atoms with Gasteiger partial charge in [-0.05, 0) is 30.2 Å². The first-order chi connectivity index (χ1) is 11.7. The van der Waals surface area contributed by atoms with Crippen LogP contribution in [0.3, 0.4) is 0 Å². The molecule has 2 N–H and O–H groups in total. The Balaban J connectivity index is 3.21. The van der Waals surface area contributed by atoms with Gasteiger partial charge in [0.15, 0.2) is 0 Å². The number of ether oxygens (including phenoxy) is 2. The van der Waals surface area contributed by atoms with E-state index in [1.165, 1.54) is 32.4 Å². The monoisotopic (exact) mass is 373 g/mol. The van der Waals surface area contributed by atoms with Crippen LogP contribution in [-0.2, 0) is 30.8 Å². The van der Waals surface area contributed by atoms with E-state index >= 15 is 0 Å².